The second kappa shape index (κ2) is 15.5. The average molecular weight is 389 g/mol. The van der Waals surface area contributed by atoms with E-state index in [2.05, 4.69) is 6.58 Å². The molecule has 0 bridgehead atoms. The zero-order valence-corrected chi connectivity index (χ0v) is 17.2. The summed E-state index contributed by atoms with van der Waals surface area (Å²) in [5, 5.41) is 9.92. The predicted molar refractivity (Wildman–Crippen MR) is 107 cm³/mol. The van der Waals surface area contributed by atoms with E-state index in [0.29, 0.717) is 25.1 Å². The van der Waals surface area contributed by atoms with Crippen LogP contribution in [0.15, 0.2) is 12.2 Å². The van der Waals surface area contributed by atoms with Gasteiger partial charge in [-0.25, -0.2) is 0 Å². The van der Waals surface area contributed by atoms with Gasteiger partial charge in [-0.3, -0.25) is 4.79 Å². The molecule has 1 N–H and O–H groups in total. The normalized spacial score (nSPS) is 17.9. The molecule has 1 amide bonds. The number of aliphatic hydroxyl groups excluding tert-OH is 1. The zero-order chi connectivity index (χ0) is 19.0. The number of hydrogen-bond acceptors (Lipinski definition) is 3. The Balaban J connectivity index is 1.90. The van der Waals surface area contributed by atoms with Crippen LogP contribution in [0.4, 0.5) is 4.20 Å². The smallest absolute Gasteiger partial charge is 0.251 e. The largest absolute Gasteiger partial charge is 0.374 e. The van der Waals surface area contributed by atoms with Crippen molar-refractivity contribution in [3.05, 3.63) is 12.2 Å². The van der Waals surface area contributed by atoms with Crippen LogP contribution >= 0.6 is 9.12 Å². The first-order chi connectivity index (χ1) is 12.7. The van der Waals surface area contributed by atoms with E-state index in [1.807, 2.05) is 0 Å². The Morgan fingerprint density at radius 3 is 2.19 bits per heavy atom. The van der Waals surface area contributed by atoms with Crippen molar-refractivity contribution >= 4 is 15.0 Å². The van der Waals surface area contributed by atoms with Gasteiger partial charge in [0.05, 0.1) is 6.61 Å². The minimum Gasteiger partial charge on any atom is -0.374 e. The predicted octanol–water partition coefficient (Wildman–Crippen LogP) is 5.66. The fraction of sp³-hybridized carbons (Fsp3) is 0.850. The Labute approximate surface area is 160 Å². The molecule has 2 unspecified atom stereocenters. The van der Waals surface area contributed by atoms with Gasteiger partial charge in [0.1, 0.15) is 6.23 Å². The van der Waals surface area contributed by atoms with Gasteiger partial charge in [-0.2, -0.15) is 4.20 Å². The number of rotatable bonds is 15. The monoisotopic (exact) mass is 389 g/mol. The van der Waals surface area contributed by atoms with Gasteiger partial charge in [-0.1, -0.05) is 57.9 Å². The van der Waals surface area contributed by atoms with Gasteiger partial charge in [-0.15, -0.1) is 0 Å². The molecule has 0 aromatic heterocycles. The minimum atomic E-state index is -0.872. The Hall–Kier alpha value is -0.510. The second-order valence-corrected chi connectivity index (χ2v) is 7.73. The number of halogens is 1. The van der Waals surface area contributed by atoms with E-state index in [-0.39, 0.29) is 5.91 Å². The molecule has 0 aromatic rings. The SMILES string of the molecule is C=C(CCCCCCCCCCCCOPF)C(=O)N1CCCCC1O. The summed E-state index contributed by atoms with van der Waals surface area (Å²) in [4.78, 5) is 13.9. The Bertz CT molecular complexity index is 395. The lowest BCUT2D eigenvalue weighted by Crippen LogP contribution is -2.44. The van der Waals surface area contributed by atoms with Crippen LogP contribution in [0.3, 0.4) is 0 Å². The quantitative estimate of drug-likeness (QED) is 0.223. The van der Waals surface area contributed by atoms with Crippen molar-refractivity contribution in [1.29, 1.82) is 0 Å². The van der Waals surface area contributed by atoms with Gasteiger partial charge in [-0.05, 0) is 38.5 Å². The number of unbranched alkanes of at least 4 members (excludes halogenated alkanes) is 9. The van der Waals surface area contributed by atoms with Crippen LogP contribution in [-0.2, 0) is 9.32 Å². The summed E-state index contributed by atoms with van der Waals surface area (Å²) >= 11 is 0. The molecule has 0 spiro atoms. The first kappa shape index (κ1) is 23.5. The molecule has 1 rings (SSSR count). The van der Waals surface area contributed by atoms with Gasteiger partial charge in [0, 0.05) is 12.1 Å². The van der Waals surface area contributed by atoms with E-state index in [0.717, 1.165) is 44.9 Å². The molecular weight excluding hydrogens is 352 g/mol. The first-order valence-corrected chi connectivity index (χ1v) is 11.1. The molecule has 2 atom stereocenters. The van der Waals surface area contributed by atoms with Crippen molar-refractivity contribution in [3.63, 3.8) is 0 Å². The van der Waals surface area contributed by atoms with Crippen LogP contribution in [-0.4, -0.2) is 35.3 Å². The molecule has 152 valence electrons. The van der Waals surface area contributed by atoms with Crippen LogP contribution in [0.25, 0.3) is 0 Å². The Morgan fingerprint density at radius 1 is 1.04 bits per heavy atom. The summed E-state index contributed by atoms with van der Waals surface area (Å²) < 4.78 is 16.5. The van der Waals surface area contributed by atoms with Crippen molar-refractivity contribution in [2.24, 2.45) is 0 Å². The minimum absolute atomic E-state index is 0.0606. The van der Waals surface area contributed by atoms with E-state index in [1.54, 1.807) is 4.90 Å². The fourth-order valence-corrected chi connectivity index (χ4v) is 3.65. The second-order valence-electron chi connectivity index (χ2n) is 7.29. The third-order valence-electron chi connectivity index (χ3n) is 5.06. The van der Waals surface area contributed by atoms with Crippen molar-refractivity contribution in [2.45, 2.75) is 96.1 Å². The van der Waals surface area contributed by atoms with Crippen molar-refractivity contribution in [3.8, 4) is 0 Å². The van der Waals surface area contributed by atoms with E-state index in [4.69, 9.17) is 4.52 Å². The lowest BCUT2D eigenvalue weighted by atomic mass is 10.0. The van der Waals surface area contributed by atoms with Crippen LogP contribution in [0, 0.1) is 0 Å². The molecule has 1 aliphatic heterocycles. The van der Waals surface area contributed by atoms with Crippen LogP contribution in [0.5, 0.6) is 0 Å². The van der Waals surface area contributed by atoms with Crippen molar-refractivity contribution in [1.82, 2.24) is 4.90 Å². The summed E-state index contributed by atoms with van der Waals surface area (Å²) in [5.74, 6) is -0.0606. The number of carbonyl (C=O) groups excluding carboxylic acids is 1. The van der Waals surface area contributed by atoms with E-state index in [1.165, 1.54) is 38.5 Å². The number of carbonyl (C=O) groups is 1. The summed E-state index contributed by atoms with van der Waals surface area (Å²) in [6, 6.07) is 0. The van der Waals surface area contributed by atoms with Crippen molar-refractivity contribution in [2.75, 3.05) is 13.2 Å². The summed E-state index contributed by atoms with van der Waals surface area (Å²) in [6.07, 6.45) is 14.5. The van der Waals surface area contributed by atoms with E-state index < -0.39 is 15.3 Å². The number of piperidine rings is 1. The van der Waals surface area contributed by atoms with Gasteiger partial charge in [0.15, 0.2) is 0 Å². The van der Waals surface area contributed by atoms with Crippen LogP contribution in [0.2, 0.25) is 0 Å². The number of aliphatic hydroxyl groups is 1. The first-order valence-electron chi connectivity index (χ1n) is 10.3. The molecule has 0 aliphatic carbocycles. The Morgan fingerprint density at radius 2 is 1.62 bits per heavy atom. The molecule has 1 saturated heterocycles. The molecule has 1 fully saturated rings. The average Bonchev–Trinajstić information content (AvgIpc) is 2.65. The highest BCUT2D eigenvalue weighted by Crippen LogP contribution is 2.20. The molecule has 1 aliphatic rings. The molecule has 1 heterocycles. The van der Waals surface area contributed by atoms with E-state index in [9.17, 15) is 14.1 Å². The third kappa shape index (κ3) is 10.6. The van der Waals surface area contributed by atoms with E-state index >= 15 is 0 Å². The fourth-order valence-electron chi connectivity index (χ4n) is 3.43. The highest BCUT2D eigenvalue weighted by Gasteiger charge is 2.25. The van der Waals surface area contributed by atoms with Gasteiger partial charge >= 0.3 is 0 Å². The van der Waals surface area contributed by atoms with Crippen molar-refractivity contribution < 1.29 is 18.6 Å². The van der Waals surface area contributed by atoms with Crippen LogP contribution < -0.4 is 0 Å². The van der Waals surface area contributed by atoms with Crippen LogP contribution in [0.1, 0.15) is 89.9 Å². The maximum Gasteiger partial charge on any atom is 0.251 e. The third-order valence-corrected chi connectivity index (χ3v) is 5.38. The molecule has 26 heavy (non-hydrogen) atoms. The maximum atomic E-state index is 12.3. The summed E-state index contributed by atoms with van der Waals surface area (Å²) in [5.41, 5.74) is 0.642. The Kier molecular flexibility index (Phi) is 14.1. The topological polar surface area (TPSA) is 49.8 Å². The zero-order valence-electron chi connectivity index (χ0n) is 16.2. The lowest BCUT2D eigenvalue weighted by Gasteiger charge is -2.32. The number of hydrogen-bond donors (Lipinski definition) is 1. The molecule has 0 aromatic carbocycles. The summed E-state index contributed by atoms with van der Waals surface area (Å²) in [6.45, 7) is 5.14. The number of likely N-dealkylation sites (tertiary alicyclic amines) is 1. The van der Waals surface area contributed by atoms with Gasteiger partial charge in [0.25, 0.3) is 5.91 Å². The van der Waals surface area contributed by atoms with Gasteiger partial charge in [0.2, 0.25) is 9.12 Å². The number of nitrogens with zero attached hydrogens (tertiary/aromatic N) is 1. The highest BCUT2D eigenvalue weighted by atomic mass is 31.1. The molecule has 6 heteroatoms. The maximum absolute atomic E-state index is 12.3. The number of amides is 1. The molecule has 0 saturated carbocycles. The molecular formula is C20H37FNO3P. The summed E-state index contributed by atoms with van der Waals surface area (Å²) in [7, 11) is -0.872. The van der Waals surface area contributed by atoms with Gasteiger partial charge < -0.3 is 14.5 Å². The molecule has 4 nitrogen and oxygen atoms in total. The molecule has 0 radical (unpaired) electrons. The lowest BCUT2D eigenvalue weighted by molar-refractivity contribution is -0.140. The standard InChI is InChI=1S/C20H37FNO3P/c1-18(20(24)22-16-12-11-15-19(22)23)14-10-8-6-4-2-3-5-7-9-13-17-25-26-21/h19,23,26H,1-17H2. The highest BCUT2D eigenvalue weighted by molar-refractivity contribution is 7.25.